The third-order valence-corrected chi connectivity index (χ3v) is 6.98. The number of amides is 3. The molecule has 0 spiro atoms. The van der Waals surface area contributed by atoms with Crippen molar-refractivity contribution in [2.24, 2.45) is 17.8 Å². The summed E-state index contributed by atoms with van der Waals surface area (Å²) < 4.78 is 0. The van der Waals surface area contributed by atoms with Gasteiger partial charge in [0.2, 0.25) is 17.7 Å². The first-order valence-electron chi connectivity index (χ1n) is 9.83. The molecule has 4 rings (SSSR count). The van der Waals surface area contributed by atoms with Crippen LogP contribution in [0.1, 0.15) is 43.6 Å². The number of allylic oxidation sites excluding steroid dienone is 2. The van der Waals surface area contributed by atoms with Crippen molar-refractivity contribution in [2.75, 3.05) is 6.54 Å². The molecule has 1 saturated heterocycles. The molecular formula is C21H26N2O3S. The third kappa shape index (κ3) is 3.24. The van der Waals surface area contributed by atoms with E-state index in [1.807, 2.05) is 30.9 Å². The smallest absolute Gasteiger partial charge is 0.246 e. The number of rotatable bonds is 4. The van der Waals surface area contributed by atoms with Gasteiger partial charge in [-0.05, 0) is 48.6 Å². The van der Waals surface area contributed by atoms with Gasteiger partial charge in [0.1, 0.15) is 6.04 Å². The van der Waals surface area contributed by atoms with Gasteiger partial charge >= 0.3 is 0 Å². The molecule has 0 bridgehead atoms. The maximum Gasteiger partial charge on any atom is 0.246 e. The highest BCUT2D eigenvalue weighted by Crippen LogP contribution is 2.37. The Balaban J connectivity index is 1.59. The maximum atomic E-state index is 13.4. The molecule has 3 atom stereocenters. The summed E-state index contributed by atoms with van der Waals surface area (Å²) in [7, 11) is 0. The first kappa shape index (κ1) is 18.4. The van der Waals surface area contributed by atoms with Crippen LogP contribution in [0.4, 0.5) is 0 Å². The first-order valence-corrected chi connectivity index (χ1v) is 10.7. The molecule has 1 fully saturated rings. The normalized spacial score (nSPS) is 25.7. The Morgan fingerprint density at radius 1 is 1.19 bits per heavy atom. The molecule has 0 N–H and O–H groups in total. The molecule has 1 aromatic rings. The summed E-state index contributed by atoms with van der Waals surface area (Å²) in [6.45, 7) is 5.31. The molecule has 144 valence electrons. The molecular weight excluding hydrogens is 360 g/mol. The Bertz CT molecular complexity index is 771. The lowest BCUT2D eigenvalue weighted by atomic mass is 9.85. The van der Waals surface area contributed by atoms with Gasteiger partial charge in [-0.3, -0.25) is 19.3 Å². The number of imide groups is 1. The minimum absolute atomic E-state index is 0.0751. The second-order valence-electron chi connectivity index (χ2n) is 8.23. The third-order valence-electron chi connectivity index (χ3n) is 5.95. The highest BCUT2D eigenvalue weighted by atomic mass is 32.1. The second-order valence-corrected chi connectivity index (χ2v) is 9.23. The fourth-order valence-corrected chi connectivity index (χ4v) is 5.43. The van der Waals surface area contributed by atoms with E-state index in [9.17, 15) is 14.4 Å². The van der Waals surface area contributed by atoms with Gasteiger partial charge in [-0.25, -0.2) is 0 Å². The first-order chi connectivity index (χ1) is 13.0. The summed E-state index contributed by atoms with van der Waals surface area (Å²) in [5.41, 5.74) is 1.19. The molecule has 1 aliphatic carbocycles. The van der Waals surface area contributed by atoms with Crippen molar-refractivity contribution >= 4 is 29.1 Å². The summed E-state index contributed by atoms with van der Waals surface area (Å²) in [4.78, 5) is 44.0. The molecule has 5 nitrogen and oxygen atoms in total. The lowest BCUT2D eigenvalue weighted by Crippen LogP contribution is -2.52. The van der Waals surface area contributed by atoms with Crippen molar-refractivity contribution in [1.82, 2.24) is 9.80 Å². The van der Waals surface area contributed by atoms with E-state index >= 15 is 0 Å². The van der Waals surface area contributed by atoms with Gasteiger partial charge in [0, 0.05) is 18.0 Å². The van der Waals surface area contributed by atoms with Crippen LogP contribution in [0.2, 0.25) is 0 Å². The number of carbonyl (C=O) groups is 3. The van der Waals surface area contributed by atoms with E-state index in [-0.39, 0.29) is 35.5 Å². The summed E-state index contributed by atoms with van der Waals surface area (Å²) in [6.07, 6.45) is 6.56. The predicted octanol–water partition coefficient (Wildman–Crippen LogP) is 3.00. The van der Waals surface area contributed by atoms with Gasteiger partial charge in [-0.15, -0.1) is 11.3 Å². The fourth-order valence-electron chi connectivity index (χ4n) is 4.54. The zero-order valence-electron chi connectivity index (χ0n) is 15.9. The van der Waals surface area contributed by atoms with Gasteiger partial charge in [0.25, 0.3) is 0 Å². The lowest BCUT2D eigenvalue weighted by molar-refractivity contribution is -0.152. The van der Waals surface area contributed by atoms with E-state index in [0.717, 1.165) is 6.42 Å². The molecule has 3 amide bonds. The fraction of sp³-hybridized carbons (Fsp3) is 0.571. The van der Waals surface area contributed by atoms with Crippen LogP contribution in [0, 0.1) is 17.8 Å². The Labute approximate surface area is 164 Å². The molecule has 3 heterocycles. The van der Waals surface area contributed by atoms with Crippen LogP contribution >= 0.6 is 11.3 Å². The molecule has 3 aliphatic rings. The number of fused-ring (bicyclic) bond motifs is 2. The van der Waals surface area contributed by atoms with E-state index in [4.69, 9.17) is 0 Å². The molecule has 6 heteroatoms. The topological polar surface area (TPSA) is 57.7 Å². The molecule has 0 radical (unpaired) electrons. The van der Waals surface area contributed by atoms with E-state index < -0.39 is 6.04 Å². The van der Waals surface area contributed by atoms with Crippen LogP contribution in [-0.2, 0) is 27.3 Å². The van der Waals surface area contributed by atoms with Crippen LogP contribution in [-0.4, -0.2) is 40.1 Å². The van der Waals surface area contributed by atoms with Crippen molar-refractivity contribution < 1.29 is 14.4 Å². The molecule has 2 aliphatic heterocycles. The zero-order valence-corrected chi connectivity index (χ0v) is 16.7. The minimum atomic E-state index is -0.671. The van der Waals surface area contributed by atoms with Gasteiger partial charge in [-0.1, -0.05) is 26.0 Å². The lowest BCUT2D eigenvalue weighted by Gasteiger charge is -2.34. The number of hydrogen-bond donors (Lipinski definition) is 0. The van der Waals surface area contributed by atoms with E-state index in [1.54, 1.807) is 11.3 Å². The number of thiophene rings is 1. The average Bonchev–Trinajstić information content (AvgIpc) is 3.22. The second kappa shape index (κ2) is 7.23. The van der Waals surface area contributed by atoms with Gasteiger partial charge in [-0.2, -0.15) is 0 Å². The van der Waals surface area contributed by atoms with E-state index in [0.29, 0.717) is 32.4 Å². The monoisotopic (exact) mass is 386 g/mol. The van der Waals surface area contributed by atoms with Gasteiger partial charge < -0.3 is 4.90 Å². The molecule has 1 aromatic heterocycles. The average molecular weight is 387 g/mol. The van der Waals surface area contributed by atoms with Crippen LogP contribution in [0.5, 0.6) is 0 Å². The highest BCUT2D eigenvalue weighted by molar-refractivity contribution is 7.10. The van der Waals surface area contributed by atoms with Gasteiger partial charge in [0.05, 0.1) is 11.8 Å². The van der Waals surface area contributed by atoms with E-state index in [1.165, 1.54) is 15.3 Å². The Morgan fingerprint density at radius 2 is 1.85 bits per heavy atom. The number of likely N-dealkylation sites (tertiary alicyclic amines) is 1. The molecule has 0 saturated carbocycles. The van der Waals surface area contributed by atoms with Crippen LogP contribution in [0.25, 0.3) is 0 Å². The zero-order chi connectivity index (χ0) is 19.1. The van der Waals surface area contributed by atoms with Gasteiger partial charge in [0.15, 0.2) is 0 Å². The molecule has 3 unspecified atom stereocenters. The van der Waals surface area contributed by atoms with Crippen molar-refractivity contribution in [2.45, 2.75) is 52.1 Å². The van der Waals surface area contributed by atoms with Crippen molar-refractivity contribution in [3.8, 4) is 0 Å². The highest BCUT2D eigenvalue weighted by Gasteiger charge is 2.51. The minimum Gasteiger partial charge on any atom is -0.336 e. The quantitative estimate of drug-likeness (QED) is 0.590. The Kier molecular flexibility index (Phi) is 4.93. The SMILES string of the molecule is CC(C)CC(C(=O)N1CCc2sccc2C1)N1C(=O)C2CC=CCC2C1=O. The summed E-state index contributed by atoms with van der Waals surface area (Å²) in [5.74, 6) is -0.719. The van der Waals surface area contributed by atoms with Crippen LogP contribution < -0.4 is 0 Å². The number of carbonyl (C=O) groups excluding carboxylic acids is 3. The molecule has 27 heavy (non-hydrogen) atoms. The number of hydrogen-bond acceptors (Lipinski definition) is 4. The summed E-state index contributed by atoms with van der Waals surface area (Å²) in [5, 5.41) is 2.06. The van der Waals surface area contributed by atoms with E-state index in [2.05, 4.69) is 11.4 Å². The largest absolute Gasteiger partial charge is 0.336 e. The predicted molar refractivity (Wildman–Crippen MR) is 104 cm³/mol. The van der Waals surface area contributed by atoms with Crippen molar-refractivity contribution in [3.05, 3.63) is 34.0 Å². The number of nitrogens with zero attached hydrogens (tertiary/aromatic N) is 2. The Morgan fingerprint density at radius 3 is 2.48 bits per heavy atom. The summed E-state index contributed by atoms with van der Waals surface area (Å²) in [6, 6.07) is 1.40. The Hall–Kier alpha value is -1.95. The standard InChI is InChI=1S/C21H26N2O3S/c1-13(2)11-17(21(26)22-9-7-18-14(12-22)8-10-27-18)23-19(24)15-5-3-4-6-16(15)20(23)25/h3-4,8,10,13,15-17H,5-7,9,11-12H2,1-2H3. The van der Waals surface area contributed by atoms with Crippen LogP contribution in [0.3, 0.4) is 0 Å². The van der Waals surface area contributed by atoms with Crippen LogP contribution in [0.15, 0.2) is 23.6 Å². The van der Waals surface area contributed by atoms with Crippen molar-refractivity contribution in [1.29, 1.82) is 0 Å². The molecule has 0 aromatic carbocycles. The summed E-state index contributed by atoms with van der Waals surface area (Å²) >= 11 is 1.73. The maximum absolute atomic E-state index is 13.4. The van der Waals surface area contributed by atoms with Crippen molar-refractivity contribution in [3.63, 3.8) is 0 Å².